The molecule has 0 unspecified atom stereocenters. The number of aromatic nitrogens is 1. The normalized spacial score (nSPS) is 23.6. The third-order valence-corrected chi connectivity index (χ3v) is 4.67. The molecule has 1 amide bonds. The zero-order valence-electron chi connectivity index (χ0n) is 9.69. The van der Waals surface area contributed by atoms with Crippen molar-refractivity contribution in [2.24, 2.45) is 0 Å². The van der Waals surface area contributed by atoms with Crippen LogP contribution in [-0.4, -0.2) is 32.6 Å². The van der Waals surface area contributed by atoms with Crippen molar-refractivity contribution in [3.63, 3.8) is 0 Å². The number of hydrogen-bond acceptors (Lipinski definition) is 4. The van der Waals surface area contributed by atoms with Gasteiger partial charge in [-0.05, 0) is 34.8 Å². The first-order valence-electron chi connectivity index (χ1n) is 5.63. The van der Waals surface area contributed by atoms with Gasteiger partial charge in [0.2, 0.25) is 0 Å². The number of nitrogens with zero attached hydrogens (tertiary/aromatic N) is 1. The Balaban J connectivity index is 2.03. The van der Waals surface area contributed by atoms with E-state index in [1.807, 2.05) is 0 Å². The fourth-order valence-corrected chi connectivity index (χ4v) is 3.46. The van der Waals surface area contributed by atoms with Crippen molar-refractivity contribution in [2.45, 2.75) is 18.9 Å². The fourth-order valence-electron chi connectivity index (χ4n) is 1.83. The van der Waals surface area contributed by atoms with Crippen molar-refractivity contribution >= 4 is 38.5 Å². The lowest BCUT2D eigenvalue weighted by atomic mass is 10.1. The number of nitrogen functional groups attached to an aromatic ring is 1. The van der Waals surface area contributed by atoms with Crippen molar-refractivity contribution in [3.05, 3.63) is 22.3 Å². The van der Waals surface area contributed by atoms with E-state index in [9.17, 15) is 9.00 Å². The maximum absolute atomic E-state index is 12.0. The van der Waals surface area contributed by atoms with Crippen molar-refractivity contribution in [1.82, 2.24) is 10.3 Å². The SMILES string of the molecule is Nc1ncc(Br)cc1C(=O)NC1CCS(=O)CC1. The number of rotatable bonds is 2. The molecular weight excluding hydrogens is 318 g/mol. The minimum atomic E-state index is -0.724. The minimum Gasteiger partial charge on any atom is -0.383 e. The van der Waals surface area contributed by atoms with E-state index in [1.54, 1.807) is 12.3 Å². The second-order valence-corrected chi connectivity index (χ2v) is 6.79. The molecule has 3 N–H and O–H groups in total. The lowest BCUT2D eigenvalue weighted by Gasteiger charge is -2.22. The smallest absolute Gasteiger partial charge is 0.255 e. The maximum atomic E-state index is 12.0. The number of pyridine rings is 1. The van der Waals surface area contributed by atoms with Crippen molar-refractivity contribution in [2.75, 3.05) is 17.2 Å². The third-order valence-electron chi connectivity index (χ3n) is 2.85. The Labute approximate surface area is 116 Å². The molecule has 2 rings (SSSR count). The van der Waals surface area contributed by atoms with Gasteiger partial charge in [-0.1, -0.05) is 0 Å². The lowest BCUT2D eigenvalue weighted by molar-refractivity contribution is 0.0935. The van der Waals surface area contributed by atoms with Crippen LogP contribution < -0.4 is 11.1 Å². The molecule has 0 spiro atoms. The van der Waals surface area contributed by atoms with E-state index in [2.05, 4.69) is 26.2 Å². The van der Waals surface area contributed by atoms with Crippen LogP contribution in [0.15, 0.2) is 16.7 Å². The lowest BCUT2D eigenvalue weighted by Crippen LogP contribution is -2.39. The summed E-state index contributed by atoms with van der Waals surface area (Å²) in [4.78, 5) is 16.0. The molecule has 2 heterocycles. The van der Waals surface area contributed by atoms with Crippen LogP contribution in [0.4, 0.5) is 5.82 Å². The van der Waals surface area contributed by atoms with Gasteiger partial charge < -0.3 is 11.1 Å². The van der Waals surface area contributed by atoms with Crippen LogP contribution in [0, 0.1) is 0 Å². The molecule has 0 aliphatic carbocycles. The van der Waals surface area contributed by atoms with Gasteiger partial charge >= 0.3 is 0 Å². The summed E-state index contributed by atoms with van der Waals surface area (Å²) in [5.41, 5.74) is 6.05. The van der Waals surface area contributed by atoms with E-state index in [0.29, 0.717) is 21.5 Å². The van der Waals surface area contributed by atoms with Crippen LogP contribution in [0.3, 0.4) is 0 Å². The first-order chi connectivity index (χ1) is 8.56. The number of amides is 1. The molecule has 0 bridgehead atoms. The van der Waals surface area contributed by atoms with E-state index in [1.165, 1.54) is 0 Å². The molecule has 1 saturated heterocycles. The van der Waals surface area contributed by atoms with Gasteiger partial charge in [0, 0.05) is 39.0 Å². The van der Waals surface area contributed by atoms with Crippen LogP contribution in [0.1, 0.15) is 23.2 Å². The number of anilines is 1. The average Bonchev–Trinajstić information content (AvgIpc) is 2.35. The summed E-state index contributed by atoms with van der Waals surface area (Å²) in [6.45, 7) is 0. The summed E-state index contributed by atoms with van der Waals surface area (Å²) in [6.07, 6.45) is 3.05. The Hall–Kier alpha value is -0.950. The minimum absolute atomic E-state index is 0.0774. The topological polar surface area (TPSA) is 85.1 Å². The highest BCUT2D eigenvalue weighted by Crippen LogP contribution is 2.16. The number of carbonyl (C=O) groups is 1. The van der Waals surface area contributed by atoms with Gasteiger partial charge in [-0.2, -0.15) is 0 Å². The number of nitrogens with two attached hydrogens (primary N) is 1. The highest BCUT2D eigenvalue weighted by Gasteiger charge is 2.21. The van der Waals surface area contributed by atoms with Crippen molar-refractivity contribution in [3.8, 4) is 0 Å². The molecule has 5 nitrogen and oxygen atoms in total. The van der Waals surface area contributed by atoms with Crippen LogP contribution >= 0.6 is 15.9 Å². The van der Waals surface area contributed by atoms with Crippen LogP contribution in [0.2, 0.25) is 0 Å². The second-order valence-electron chi connectivity index (χ2n) is 4.18. The molecule has 1 aliphatic rings. The number of carbonyl (C=O) groups excluding carboxylic acids is 1. The second kappa shape index (κ2) is 5.79. The fraction of sp³-hybridized carbons (Fsp3) is 0.455. The van der Waals surface area contributed by atoms with E-state index in [0.717, 1.165) is 12.8 Å². The van der Waals surface area contributed by atoms with Gasteiger partial charge in [0.1, 0.15) is 5.82 Å². The molecule has 18 heavy (non-hydrogen) atoms. The van der Waals surface area contributed by atoms with E-state index in [-0.39, 0.29) is 17.8 Å². The highest BCUT2D eigenvalue weighted by molar-refractivity contribution is 9.10. The zero-order valence-corrected chi connectivity index (χ0v) is 12.1. The Morgan fingerprint density at radius 1 is 1.50 bits per heavy atom. The number of hydrogen-bond donors (Lipinski definition) is 2. The summed E-state index contributed by atoms with van der Waals surface area (Å²) in [6, 6.07) is 1.73. The molecule has 0 aromatic carbocycles. The van der Waals surface area contributed by atoms with Crippen molar-refractivity contribution in [1.29, 1.82) is 0 Å². The molecule has 0 radical (unpaired) electrons. The molecule has 1 fully saturated rings. The number of halogens is 1. The largest absolute Gasteiger partial charge is 0.383 e. The molecule has 1 aromatic rings. The van der Waals surface area contributed by atoms with Gasteiger partial charge in [-0.15, -0.1) is 0 Å². The molecule has 98 valence electrons. The van der Waals surface area contributed by atoms with Gasteiger partial charge in [0.25, 0.3) is 5.91 Å². The maximum Gasteiger partial charge on any atom is 0.255 e. The standard InChI is InChI=1S/C11H14BrN3O2S/c12-7-5-9(10(13)14-6-7)11(16)15-8-1-3-18(17)4-2-8/h5-6,8H,1-4H2,(H2,13,14)(H,15,16). The summed E-state index contributed by atoms with van der Waals surface area (Å²) in [5, 5.41) is 2.91. The van der Waals surface area contributed by atoms with Crippen molar-refractivity contribution < 1.29 is 9.00 Å². The predicted octanol–water partition coefficient (Wildman–Crippen LogP) is 1.07. The van der Waals surface area contributed by atoms with Crippen LogP contribution in [-0.2, 0) is 10.8 Å². The molecule has 0 atom stereocenters. The molecular formula is C11H14BrN3O2S. The van der Waals surface area contributed by atoms with E-state index in [4.69, 9.17) is 5.73 Å². The summed E-state index contributed by atoms with van der Waals surface area (Å²) >= 11 is 3.26. The van der Waals surface area contributed by atoms with E-state index < -0.39 is 10.8 Å². The van der Waals surface area contributed by atoms with Crippen LogP contribution in [0.25, 0.3) is 0 Å². The van der Waals surface area contributed by atoms with Gasteiger partial charge in [0.15, 0.2) is 0 Å². The predicted molar refractivity (Wildman–Crippen MR) is 74.7 cm³/mol. The number of nitrogens with one attached hydrogen (secondary N) is 1. The van der Waals surface area contributed by atoms with Gasteiger partial charge in [-0.25, -0.2) is 4.98 Å². The zero-order chi connectivity index (χ0) is 13.1. The quantitative estimate of drug-likeness (QED) is 0.848. The molecule has 1 aromatic heterocycles. The summed E-state index contributed by atoms with van der Waals surface area (Å²) < 4.78 is 11.9. The third kappa shape index (κ3) is 3.29. The van der Waals surface area contributed by atoms with Gasteiger partial charge in [0.05, 0.1) is 5.56 Å². The first kappa shape index (κ1) is 13.5. The molecule has 1 aliphatic heterocycles. The van der Waals surface area contributed by atoms with E-state index >= 15 is 0 Å². The monoisotopic (exact) mass is 331 g/mol. The Kier molecular flexibility index (Phi) is 4.34. The highest BCUT2D eigenvalue weighted by atomic mass is 79.9. The van der Waals surface area contributed by atoms with Gasteiger partial charge in [-0.3, -0.25) is 9.00 Å². The Morgan fingerprint density at radius 2 is 2.17 bits per heavy atom. The Bertz CT molecular complexity index is 485. The van der Waals surface area contributed by atoms with Crippen LogP contribution in [0.5, 0.6) is 0 Å². The summed E-state index contributed by atoms with van der Waals surface area (Å²) in [7, 11) is -0.724. The summed E-state index contributed by atoms with van der Waals surface area (Å²) in [5.74, 6) is 1.29. The average molecular weight is 332 g/mol. The molecule has 7 heteroatoms. The molecule has 0 saturated carbocycles. The Morgan fingerprint density at radius 3 is 2.83 bits per heavy atom. The first-order valence-corrected chi connectivity index (χ1v) is 7.91.